The van der Waals surface area contributed by atoms with Crippen molar-refractivity contribution in [2.75, 3.05) is 24.3 Å². The van der Waals surface area contributed by atoms with E-state index in [1.54, 1.807) is 7.05 Å². The van der Waals surface area contributed by atoms with Crippen LogP contribution in [-0.2, 0) is 17.1 Å². The zero-order valence-electron chi connectivity index (χ0n) is 11.4. The molecule has 0 fully saturated rings. The monoisotopic (exact) mass is 306 g/mol. The summed E-state index contributed by atoms with van der Waals surface area (Å²) < 4.78 is 27.9. The van der Waals surface area contributed by atoms with Crippen LogP contribution in [0.25, 0.3) is 0 Å². The molecule has 0 spiro atoms. The minimum atomic E-state index is -3.53. The highest BCUT2D eigenvalue weighted by atomic mass is 32.2. The van der Waals surface area contributed by atoms with Gasteiger partial charge in [-0.1, -0.05) is 12.8 Å². The molecule has 6 nitrogen and oxygen atoms in total. The Morgan fingerprint density at radius 2 is 2.05 bits per heavy atom. The minimum absolute atomic E-state index is 0.0370. The van der Waals surface area contributed by atoms with E-state index < -0.39 is 10.0 Å². The normalized spacial score (nSPS) is 11.9. The fourth-order valence-electron chi connectivity index (χ4n) is 1.70. The van der Waals surface area contributed by atoms with E-state index in [1.807, 2.05) is 11.8 Å². The molecule has 0 amide bonds. The van der Waals surface area contributed by atoms with Crippen LogP contribution in [0.5, 0.6) is 0 Å². The van der Waals surface area contributed by atoms with Crippen LogP contribution in [0.4, 0.5) is 5.82 Å². The number of nitrogens with two attached hydrogens (primary N) is 1. The largest absolute Gasteiger partial charge is 0.381 e. The van der Waals surface area contributed by atoms with Gasteiger partial charge in [0.15, 0.2) is 5.82 Å². The Balaban J connectivity index is 2.34. The van der Waals surface area contributed by atoms with Gasteiger partial charge in [-0.3, -0.25) is 4.68 Å². The number of aromatic nitrogens is 2. The number of anilines is 1. The summed E-state index contributed by atoms with van der Waals surface area (Å²) in [5, 5.41) is 3.83. The van der Waals surface area contributed by atoms with E-state index in [0.29, 0.717) is 6.54 Å². The maximum absolute atomic E-state index is 12.0. The van der Waals surface area contributed by atoms with Crippen LogP contribution in [0.3, 0.4) is 0 Å². The number of nitrogen functional groups attached to an aromatic ring is 1. The van der Waals surface area contributed by atoms with E-state index >= 15 is 0 Å². The molecule has 19 heavy (non-hydrogen) atoms. The van der Waals surface area contributed by atoms with Gasteiger partial charge in [-0.25, -0.2) is 13.1 Å². The van der Waals surface area contributed by atoms with Crippen molar-refractivity contribution in [3.63, 3.8) is 0 Å². The summed E-state index contributed by atoms with van der Waals surface area (Å²) >= 11 is 1.84. The lowest BCUT2D eigenvalue weighted by molar-refractivity contribution is 0.574. The Hall–Kier alpha value is -0.730. The highest BCUT2D eigenvalue weighted by Gasteiger charge is 2.19. The van der Waals surface area contributed by atoms with E-state index in [-0.39, 0.29) is 10.7 Å². The van der Waals surface area contributed by atoms with E-state index in [4.69, 9.17) is 5.73 Å². The van der Waals surface area contributed by atoms with Crippen molar-refractivity contribution in [2.45, 2.75) is 30.6 Å². The zero-order valence-corrected chi connectivity index (χ0v) is 13.1. The molecule has 0 aliphatic heterocycles. The quantitative estimate of drug-likeness (QED) is 0.669. The average molecular weight is 306 g/mol. The van der Waals surface area contributed by atoms with E-state index in [2.05, 4.69) is 16.1 Å². The summed E-state index contributed by atoms with van der Waals surface area (Å²) in [7, 11) is -1.89. The number of unbranched alkanes of at least 4 members (excludes halogenated alkanes) is 3. The lowest BCUT2D eigenvalue weighted by Crippen LogP contribution is -2.25. The summed E-state index contributed by atoms with van der Waals surface area (Å²) in [4.78, 5) is 0.0531. The first-order chi connectivity index (χ1) is 8.97. The molecule has 0 aliphatic carbocycles. The molecular weight excluding hydrogens is 284 g/mol. The fourth-order valence-corrected chi connectivity index (χ4v) is 3.37. The van der Waals surface area contributed by atoms with Crippen LogP contribution in [0.2, 0.25) is 0 Å². The molecule has 0 atom stereocenters. The van der Waals surface area contributed by atoms with E-state index in [1.165, 1.54) is 17.3 Å². The first-order valence-electron chi connectivity index (χ1n) is 6.25. The molecular formula is C11H22N4O2S2. The molecule has 0 aliphatic rings. The Labute approximate surface area is 119 Å². The fraction of sp³-hybridized carbons (Fsp3) is 0.727. The summed E-state index contributed by atoms with van der Waals surface area (Å²) in [6.45, 7) is 0.440. The molecule has 110 valence electrons. The minimum Gasteiger partial charge on any atom is -0.381 e. The third kappa shape index (κ3) is 5.42. The summed E-state index contributed by atoms with van der Waals surface area (Å²) in [6, 6.07) is 0. The lowest BCUT2D eigenvalue weighted by atomic mass is 10.2. The van der Waals surface area contributed by atoms with E-state index in [9.17, 15) is 8.42 Å². The smallest absolute Gasteiger partial charge is 0.245 e. The summed E-state index contributed by atoms with van der Waals surface area (Å²) in [6.07, 6.45) is 7.70. The van der Waals surface area contributed by atoms with E-state index in [0.717, 1.165) is 25.0 Å². The maximum Gasteiger partial charge on any atom is 0.245 e. The number of hydrogen-bond acceptors (Lipinski definition) is 5. The van der Waals surface area contributed by atoms with Gasteiger partial charge in [0.2, 0.25) is 10.0 Å². The predicted molar refractivity (Wildman–Crippen MR) is 79.7 cm³/mol. The molecule has 0 radical (unpaired) electrons. The predicted octanol–water partition coefficient (Wildman–Crippen LogP) is 1.20. The third-order valence-corrected chi connectivity index (χ3v) is 4.85. The number of rotatable bonds is 9. The maximum atomic E-state index is 12.0. The molecule has 0 saturated heterocycles. The van der Waals surface area contributed by atoms with Gasteiger partial charge in [0.1, 0.15) is 4.90 Å². The number of thioether (sulfide) groups is 1. The lowest BCUT2D eigenvalue weighted by Gasteiger charge is -2.05. The number of hydrogen-bond donors (Lipinski definition) is 2. The second-order valence-corrected chi connectivity index (χ2v) is 7.08. The molecule has 0 saturated carbocycles. The van der Waals surface area contributed by atoms with Crippen molar-refractivity contribution in [1.82, 2.24) is 14.5 Å². The Kier molecular flexibility index (Phi) is 6.67. The van der Waals surface area contributed by atoms with Crippen molar-refractivity contribution in [3.8, 4) is 0 Å². The average Bonchev–Trinajstić information content (AvgIpc) is 2.68. The highest BCUT2D eigenvalue weighted by molar-refractivity contribution is 7.98. The molecule has 0 aromatic carbocycles. The van der Waals surface area contributed by atoms with Crippen LogP contribution in [0.1, 0.15) is 25.7 Å². The molecule has 0 unspecified atom stereocenters. The first-order valence-corrected chi connectivity index (χ1v) is 9.13. The molecule has 3 N–H and O–H groups in total. The molecule has 1 heterocycles. The summed E-state index contributed by atoms with van der Waals surface area (Å²) in [5.41, 5.74) is 5.56. The Bertz CT molecular complexity index is 485. The van der Waals surface area contributed by atoms with Gasteiger partial charge in [0, 0.05) is 19.8 Å². The molecule has 1 aromatic rings. The van der Waals surface area contributed by atoms with Crippen molar-refractivity contribution in [3.05, 3.63) is 6.20 Å². The molecule has 8 heteroatoms. The van der Waals surface area contributed by atoms with Crippen molar-refractivity contribution in [2.24, 2.45) is 7.05 Å². The third-order valence-electron chi connectivity index (χ3n) is 2.68. The Morgan fingerprint density at radius 3 is 2.63 bits per heavy atom. The van der Waals surface area contributed by atoms with Crippen molar-refractivity contribution >= 4 is 27.6 Å². The van der Waals surface area contributed by atoms with Gasteiger partial charge < -0.3 is 5.73 Å². The number of nitrogens with zero attached hydrogens (tertiary/aromatic N) is 2. The standard InChI is InChI=1S/C11H22N4O2S2/c1-15-9-10(11(12)14-15)19(16,17)13-7-5-3-4-6-8-18-2/h9,13H,3-8H2,1-2H3,(H2,12,14). The first kappa shape index (κ1) is 16.3. The molecule has 1 aromatic heterocycles. The van der Waals surface area contributed by atoms with Crippen LogP contribution < -0.4 is 10.5 Å². The van der Waals surface area contributed by atoms with Gasteiger partial charge in [-0.15, -0.1) is 0 Å². The van der Waals surface area contributed by atoms with Crippen LogP contribution in [0.15, 0.2) is 11.1 Å². The topological polar surface area (TPSA) is 90.0 Å². The number of nitrogens with one attached hydrogen (secondary N) is 1. The Morgan fingerprint density at radius 1 is 1.37 bits per heavy atom. The van der Waals surface area contributed by atoms with Gasteiger partial charge >= 0.3 is 0 Å². The summed E-state index contributed by atoms with van der Waals surface area (Å²) in [5.74, 6) is 1.20. The second-order valence-electron chi connectivity index (χ2n) is 4.36. The zero-order chi connectivity index (χ0) is 14.3. The van der Waals surface area contributed by atoms with Gasteiger partial charge in [-0.05, 0) is 24.9 Å². The van der Waals surface area contributed by atoms with Gasteiger partial charge in [0.25, 0.3) is 0 Å². The number of aryl methyl sites for hydroxylation is 1. The van der Waals surface area contributed by atoms with Gasteiger partial charge in [-0.2, -0.15) is 16.9 Å². The second kappa shape index (κ2) is 7.76. The van der Waals surface area contributed by atoms with Crippen LogP contribution in [0, 0.1) is 0 Å². The van der Waals surface area contributed by atoms with Crippen molar-refractivity contribution < 1.29 is 8.42 Å². The molecule has 0 bridgehead atoms. The molecule has 1 rings (SSSR count). The van der Waals surface area contributed by atoms with Gasteiger partial charge in [0.05, 0.1) is 0 Å². The van der Waals surface area contributed by atoms with Crippen molar-refractivity contribution in [1.29, 1.82) is 0 Å². The van der Waals surface area contributed by atoms with Crippen LogP contribution >= 0.6 is 11.8 Å². The number of sulfonamides is 1. The SMILES string of the molecule is CSCCCCCCNS(=O)(=O)c1cn(C)nc1N. The van der Waals surface area contributed by atoms with Crippen LogP contribution in [-0.4, -0.2) is 36.8 Å². The highest BCUT2D eigenvalue weighted by Crippen LogP contribution is 2.15.